The van der Waals surface area contributed by atoms with Gasteiger partial charge in [0.2, 0.25) is 5.89 Å². The van der Waals surface area contributed by atoms with Crippen LogP contribution in [0.25, 0.3) is 33.9 Å². The van der Waals surface area contributed by atoms with Crippen LogP contribution in [0.5, 0.6) is 0 Å². The summed E-state index contributed by atoms with van der Waals surface area (Å²) in [5, 5.41) is 9.94. The number of carbonyl (C=O) groups is 1. The fourth-order valence-electron chi connectivity index (χ4n) is 4.58. The van der Waals surface area contributed by atoms with E-state index in [9.17, 15) is 9.90 Å². The van der Waals surface area contributed by atoms with Gasteiger partial charge in [-0.3, -0.25) is 9.69 Å². The molecular weight excluding hydrogens is 528 g/mol. The molecule has 7 heteroatoms. The first kappa shape index (κ1) is 23.8. The maximum absolute atomic E-state index is 11.4. The number of benzene rings is 3. The second kappa shape index (κ2) is 10.4. The molecule has 1 aliphatic heterocycles. The van der Waals surface area contributed by atoms with Gasteiger partial charge in [-0.1, -0.05) is 60.1 Å². The highest BCUT2D eigenvalue weighted by Crippen LogP contribution is 2.39. The number of carboxylic acid groups (broad SMARTS) is 1. The average Bonchev–Trinajstić information content (AvgIpc) is 3.36. The van der Waals surface area contributed by atoms with Gasteiger partial charge in [-0.15, -0.1) is 0 Å². The molecule has 0 radical (unpaired) electrons. The fourth-order valence-corrected chi connectivity index (χ4v) is 5.47. The Labute approximate surface area is 217 Å². The zero-order chi connectivity index (χ0) is 24.4. The van der Waals surface area contributed by atoms with Crippen LogP contribution in [-0.4, -0.2) is 34.0 Å². The van der Waals surface area contributed by atoms with Crippen molar-refractivity contribution in [2.24, 2.45) is 5.92 Å². The van der Waals surface area contributed by atoms with Gasteiger partial charge in [0.05, 0.1) is 22.7 Å². The third-order valence-corrected chi connectivity index (χ3v) is 7.56. The lowest BCUT2D eigenvalue weighted by Crippen LogP contribution is -2.38. The molecule has 3 aromatic carbocycles. The molecule has 0 spiro atoms. The predicted molar refractivity (Wildman–Crippen MR) is 141 cm³/mol. The SMILES string of the molecule is O=C(O)[C@@H]1CCCN(Cc2ccc(Cl)c(-c3ncc(-c4cccc(-c5ccccc5)c4Br)o3)c2)C1. The van der Waals surface area contributed by atoms with Gasteiger partial charge < -0.3 is 9.52 Å². The molecule has 35 heavy (non-hydrogen) atoms. The molecule has 1 aliphatic rings. The van der Waals surface area contributed by atoms with E-state index in [2.05, 4.69) is 44.0 Å². The maximum Gasteiger partial charge on any atom is 0.307 e. The monoisotopic (exact) mass is 550 g/mol. The normalized spacial score (nSPS) is 16.3. The molecule has 0 amide bonds. The van der Waals surface area contributed by atoms with Gasteiger partial charge in [-0.2, -0.15) is 0 Å². The molecule has 1 fully saturated rings. The number of carboxylic acids is 1. The molecule has 1 saturated heterocycles. The van der Waals surface area contributed by atoms with Gasteiger partial charge in [0.1, 0.15) is 0 Å². The van der Waals surface area contributed by atoms with E-state index in [0.717, 1.165) is 51.7 Å². The van der Waals surface area contributed by atoms with Gasteiger partial charge in [-0.05, 0) is 70.2 Å². The number of halogens is 2. The van der Waals surface area contributed by atoms with Crippen molar-refractivity contribution in [3.05, 3.63) is 88.0 Å². The minimum Gasteiger partial charge on any atom is -0.481 e. The number of oxazole rings is 1. The molecule has 1 N–H and O–H groups in total. The average molecular weight is 552 g/mol. The van der Waals surface area contributed by atoms with Gasteiger partial charge >= 0.3 is 5.97 Å². The van der Waals surface area contributed by atoms with Crippen molar-refractivity contribution in [1.29, 1.82) is 0 Å². The van der Waals surface area contributed by atoms with E-state index in [4.69, 9.17) is 16.0 Å². The van der Waals surface area contributed by atoms with E-state index in [0.29, 0.717) is 29.8 Å². The summed E-state index contributed by atoms with van der Waals surface area (Å²) in [5.41, 5.74) is 4.85. The van der Waals surface area contributed by atoms with Crippen LogP contribution in [0, 0.1) is 5.92 Å². The van der Waals surface area contributed by atoms with E-state index < -0.39 is 5.97 Å². The summed E-state index contributed by atoms with van der Waals surface area (Å²) < 4.78 is 7.12. The topological polar surface area (TPSA) is 66.6 Å². The van der Waals surface area contributed by atoms with Crippen LogP contribution in [0.4, 0.5) is 0 Å². The molecule has 0 saturated carbocycles. The smallest absolute Gasteiger partial charge is 0.307 e. The Morgan fingerprint density at radius 1 is 1.09 bits per heavy atom. The Kier molecular flexibility index (Phi) is 7.04. The van der Waals surface area contributed by atoms with Crippen molar-refractivity contribution in [3.8, 4) is 33.9 Å². The lowest BCUT2D eigenvalue weighted by molar-refractivity contribution is -0.143. The number of likely N-dealkylation sites (tertiary alicyclic amines) is 1. The zero-order valence-electron chi connectivity index (χ0n) is 19.0. The second-order valence-corrected chi connectivity index (χ2v) is 9.99. The van der Waals surface area contributed by atoms with Crippen LogP contribution in [0.1, 0.15) is 18.4 Å². The number of hydrogen-bond acceptors (Lipinski definition) is 4. The lowest BCUT2D eigenvalue weighted by atomic mass is 9.97. The molecule has 0 aliphatic carbocycles. The van der Waals surface area contributed by atoms with Crippen molar-refractivity contribution < 1.29 is 14.3 Å². The summed E-state index contributed by atoms with van der Waals surface area (Å²) in [6.45, 7) is 2.10. The molecule has 4 aromatic rings. The van der Waals surface area contributed by atoms with Crippen molar-refractivity contribution >= 4 is 33.5 Å². The van der Waals surface area contributed by atoms with E-state index in [-0.39, 0.29) is 5.92 Å². The van der Waals surface area contributed by atoms with Gasteiger partial charge in [0.15, 0.2) is 5.76 Å². The Balaban J connectivity index is 1.41. The van der Waals surface area contributed by atoms with Crippen LogP contribution in [-0.2, 0) is 11.3 Å². The van der Waals surface area contributed by atoms with Crippen molar-refractivity contribution in [3.63, 3.8) is 0 Å². The molecule has 1 aromatic heterocycles. The maximum atomic E-state index is 11.4. The summed E-state index contributed by atoms with van der Waals surface area (Å²) in [5.74, 6) is 0.0635. The van der Waals surface area contributed by atoms with Gasteiger partial charge in [0, 0.05) is 23.1 Å². The first-order valence-electron chi connectivity index (χ1n) is 11.5. The molecule has 1 atom stereocenters. The van der Waals surface area contributed by atoms with Gasteiger partial charge in [-0.25, -0.2) is 4.98 Å². The first-order chi connectivity index (χ1) is 17.0. The highest BCUT2D eigenvalue weighted by molar-refractivity contribution is 9.10. The zero-order valence-corrected chi connectivity index (χ0v) is 21.3. The van der Waals surface area contributed by atoms with Crippen molar-refractivity contribution in [2.45, 2.75) is 19.4 Å². The molecule has 0 bridgehead atoms. The summed E-state index contributed by atoms with van der Waals surface area (Å²) in [7, 11) is 0. The Morgan fingerprint density at radius 3 is 2.69 bits per heavy atom. The van der Waals surface area contributed by atoms with Crippen LogP contribution in [0.15, 0.2) is 81.8 Å². The van der Waals surface area contributed by atoms with E-state index in [1.807, 2.05) is 48.5 Å². The highest BCUT2D eigenvalue weighted by atomic mass is 79.9. The number of piperidine rings is 1. The quantitative estimate of drug-likeness (QED) is 0.271. The Hall–Kier alpha value is -2.93. The highest BCUT2D eigenvalue weighted by Gasteiger charge is 2.25. The molecular formula is C28H24BrClN2O3. The summed E-state index contributed by atoms with van der Waals surface area (Å²) >= 11 is 10.3. The van der Waals surface area contributed by atoms with Crippen LogP contribution in [0.3, 0.4) is 0 Å². The summed E-state index contributed by atoms with van der Waals surface area (Å²) in [4.78, 5) is 18.1. The summed E-state index contributed by atoms with van der Waals surface area (Å²) in [6, 6.07) is 22.0. The van der Waals surface area contributed by atoms with Crippen LogP contribution >= 0.6 is 27.5 Å². The van der Waals surface area contributed by atoms with Crippen molar-refractivity contribution in [1.82, 2.24) is 9.88 Å². The van der Waals surface area contributed by atoms with E-state index >= 15 is 0 Å². The standard InChI is InChI=1S/C28H24BrClN2O3/c29-26-21(19-6-2-1-3-7-19)9-4-10-22(26)25-15-31-27(35-25)23-14-18(11-12-24(23)30)16-32-13-5-8-20(17-32)28(33)34/h1-4,6-7,9-12,14-15,20H,5,8,13,16-17H2,(H,33,34)/t20-/m1/s1. The minimum atomic E-state index is -0.721. The fraction of sp³-hybridized carbons (Fsp3) is 0.214. The first-order valence-corrected chi connectivity index (χ1v) is 12.7. The lowest BCUT2D eigenvalue weighted by Gasteiger charge is -2.30. The summed E-state index contributed by atoms with van der Waals surface area (Å²) in [6.07, 6.45) is 3.34. The Bertz CT molecular complexity index is 1360. The largest absolute Gasteiger partial charge is 0.481 e. The molecule has 2 heterocycles. The van der Waals surface area contributed by atoms with Crippen molar-refractivity contribution in [2.75, 3.05) is 13.1 Å². The Morgan fingerprint density at radius 2 is 1.89 bits per heavy atom. The number of aliphatic carboxylic acids is 1. The van der Waals surface area contributed by atoms with Gasteiger partial charge in [0.25, 0.3) is 0 Å². The second-order valence-electron chi connectivity index (χ2n) is 8.79. The number of hydrogen-bond donors (Lipinski definition) is 1. The van der Waals surface area contributed by atoms with Crippen LogP contribution in [0.2, 0.25) is 5.02 Å². The minimum absolute atomic E-state index is 0.310. The van der Waals surface area contributed by atoms with E-state index in [1.165, 1.54) is 0 Å². The molecule has 178 valence electrons. The molecule has 5 rings (SSSR count). The van der Waals surface area contributed by atoms with E-state index in [1.54, 1.807) is 6.20 Å². The third kappa shape index (κ3) is 5.20. The number of rotatable bonds is 6. The predicted octanol–water partition coefficient (Wildman–Crippen LogP) is 7.39. The number of nitrogens with zero attached hydrogens (tertiary/aromatic N) is 2. The van der Waals surface area contributed by atoms with Crippen LogP contribution < -0.4 is 0 Å². The third-order valence-electron chi connectivity index (χ3n) is 6.38. The number of aromatic nitrogens is 1. The molecule has 0 unspecified atom stereocenters. The molecule has 5 nitrogen and oxygen atoms in total.